The molecule has 0 aliphatic carbocycles. The summed E-state index contributed by atoms with van der Waals surface area (Å²) in [5.41, 5.74) is 2.40. The Bertz CT molecular complexity index is 809. The summed E-state index contributed by atoms with van der Waals surface area (Å²) in [4.78, 5) is 17.3. The van der Waals surface area contributed by atoms with E-state index in [-0.39, 0.29) is 5.91 Å². The lowest BCUT2D eigenvalue weighted by Gasteiger charge is -2.10. The van der Waals surface area contributed by atoms with Crippen molar-refractivity contribution in [3.63, 3.8) is 0 Å². The van der Waals surface area contributed by atoms with E-state index in [1.807, 2.05) is 42.6 Å². The lowest BCUT2D eigenvalue weighted by Crippen LogP contribution is -2.19. The zero-order valence-corrected chi connectivity index (χ0v) is 13.7. The van der Waals surface area contributed by atoms with E-state index in [4.69, 9.17) is 4.42 Å². The van der Waals surface area contributed by atoms with Crippen LogP contribution in [0.25, 0.3) is 10.6 Å². The van der Waals surface area contributed by atoms with Crippen molar-refractivity contribution in [3.05, 3.63) is 58.9 Å². The van der Waals surface area contributed by atoms with Crippen molar-refractivity contribution in [3.8, 4) is 10.6 Å². The molecule has 0 fully saturated rings. The molecule has 2 N–H and O–H groups in total. The first-order chi connectivity index (χ1) is 11.2. The van der Waals surface area contributed by atoms with Gasteiger partial charge in [0, 0.05) is 12.7 Å². The summed E-state index contributed by atoms with van der Waals surface area (Å²) in [6, 6.07) is 9.67. The number of aryl methyl sites for hydroxylation is 1. The molecule has 0 atom stereocenters. The molecule has 0 radical (unpaired) electrons. The highest BCUT2D eigenvalue weighted by Gasteiger charge is 2.12. The monoisotopic (exact) mass is 327 g/mol. The molecule has 2 aromatic heterocycles. The van der Waals surface area contributed by atoms with Gasteiger partial charge in [-0.15, -0.1) is 11.3 Å². The second kappa shape index (κ2) is 6.66. The van der Waals surface area contributed by atoms with Gasteiger partial charge in [0.05, 0.1) is 23.2 Å². The van der Waals surface area contributed by atoms with E-state index in [9.17, 15) is 4.79 Å². The van der Waals surface area contributed by atoms with Crippen LogP contribution < -0.4 is 10.6 Å². The third-order valence-electron chi connectivity index (χ3n) is 3.39. The molecule has 3 rings (SSSR count). The number of anilines is 1. The number of oxazole rings is 1. The van der Waals surface area contributed by atoms with Gasteiger partial charge in [0.2, 0.25) is 5.89 Å². The van der Waals surface area contributed by atoms with Crippen molar-refractivity contribution in [2.75, 3.05) is 12.4 Å². The molecule has 23 heavy (non-hydrogen) atoms. The van der Waals surface area contributed by atoms with Gasteiger partial charge in [0.1, 0.15) is 0 Å². The molecule has 0 saturated heterocycles. The van der Waals surface area contributed by atoms with Gasteiger partial charge in [-0.1, -0.05) is 17.7 Å². The Labute approximate surface area is 138 Å². The van der Waals surface area contributed by atoms with E-state index in [1.54, 1.807) is 24.6 Å². The fraction of sp³-hybridized carbons (Fsp3) is 0.176. The van der Waals surface area contributed by atoms with Crippen LogP contribution in [0.5, 0.6) is 0 Å². The Kier molecular flexibility index (Phi) is 4.43. The molecular formula is C17H17N3O2S. The second-order valence-corrected chi connectivity index (χ2v) is 6.02. The summed E-state index contributed by atoms with van der Waals surface area (Å²) in [7, 11) is 1.62. The summed E-state index contributed by atoms with van der Waals surface area (Å²) in [5.74, 6) is 1.21. The summed E-state index contributed by atoms with van der Waals surface area (Å²) < 4.78 is 5.74. The number of hydrogen-bond donors (Lipinski definition) is 2. The first-order valence-corrected chi connectivity index (χ1v) is 8.10. The average molecular weight is 327 g/mol. The van der Waals surface area contributed by atoms with Crippen molar-refractivity contribution >= 4 is 22.9 Å². The molecule has 0 bridgehead atoms. The van der Waals surface area contributed by atoms with Gasteiger partial charge in [-0.3, -0.25) is 4.79 Å². The molecule has 0 aliphatic rings. The summed E-state index contributed by atoms with van der Waals surface area (Å²) in [6.07, 6.45) is 1.72. The Balaban J connectivity index is 1.75. The highest BCUT2D eigenvalue weighted by molar-refractivity contribution is 7.13. The van der Waals surface area contributed by atoms with Crippen molar-refractivity contribution < 1.29 is 9.21 Å². The summed E-state index contributed by atoms with van der Waals surface area (Å²) >= 11 is 1.61. The molecular weight excluding hydrogens is 310 g/mol. The summed E-state index contributed by atoms with van der Waals surface area (Å²) in [5, 5.41) is 7.87. The number of carbonyl (C=O) groups is 1. The predicted octanol–water partition coefficient (Wildman–Crippen LogP) is 3.68. The van der Waals surface area contributed by atoms with E-state index < -0.39 is 0 Å². The molecule has 1 amide bonds. The predicted molar refractivity (Wildman–Crippen MR) is 91.7 cm³/mol. The smallest absolute Gasteiger partial charge is 0.253 e. The number of hydrogen-bond acceptors (Lipinski definition) is 5. The molecule has 0 saturated carbocycles. The molecule has 3 aromatic rings. The van der Waals surface area contributed by atoms with Crippen molar-refractivity contribution in [1.82, 2.24) is 10.3 Å². The van der Waals surface area contributed by atoms with Gasteiger partial charge < -0.3 is 15.1 Å². The number of carbonyl (C=O) groups excluding carboxylic acids is 1. The SMILES string of the molecule is CNC(=O)c1cc(C)ccc1NCc1ncc(-c2cccs2)o1. The van der Waals surface area contributed by atoms with Gasteiger partial charge >= 0.3 is 0 Å². The van der Waals surface area contributed by atoms with Gasteiger partial charge in [-0.2, -0.15) is 0 Å². The van der Waals surface area contributed by atoms with E-state index in [2.05, 4.69) is 15.6 Å². The largest absolute Gasteiger partial charge is 0.438 e. The maximum absolute atomic E-state index is 12.0. The number of rotatable bonds is 5. The van der Waals surface area contributed by atoms with Gasteiger partial charge in [0.15, 0.2) is 5.76 Å². The Morgan fingerprint density at radius 3 is 2.96 bits per heavy atom. The van der Waals surface area contributed by atoms with Gasteiger partial charge in [-0.05, 0) is 30.5 Å². The van der Waals surface area contributed by atoms with Crippen LogP contribution in [0.3, 0.4) is 0 Å². The van der Waals surface area contributed by atoms with E-state index in [1.165, 1.54) is 0 Å². The van der Waals surface area contributed by atoms with Crippen LogP contribution in [0, 0.1) is 6.92 Å². The first kappa shape index (κ1) is 15.3. The minimum atomic E-state index is -0.122. The molecule has 0 spiro atoms. The highest BCUT2D eigenvalue weighted by atomic mass is 32.1. The average Bonchev–Trinajstić information content (AvgIpc) is 3.23. The quantitative estimate of drug-likeness (QED) is 0.750. The third kappa shape index (κ3) is 3.43. The second-order valence-electron chi connectivity index (χ2n) is 5.08. The molecule has 1 aromatic carbocycles. The summed E-state index contributed by atoms with van der Waals surface area (Å²) in [6.45, 7) is 2.37. The van der Waals surface area contributed by atoms with Crippen molar-refractivity contribution in [2.45, 2.75) is 13.5 Å². The zero-order valence-electron chi connectivity index (χ0n) is 12.9. The zero-order chi connectivity index (χ0) is 16.2. The number of amides is 1. The van der Waals surface area contributed by atoms with Crippen LogP contribution in [0.1, 0.15) is 21.8 Å². The number of nitrogens with zero attached hydrogens (tertiary/aromatic N) is 1. The molecule has 118 valence electrons. The highest BCUT2D eigenvalue weighted by Crippen LogP contribution is 2.25. The minimum Gasteiger partial charge on any atom is -0.438 e. The normalized spacial score (nSPS) is 10.5. The van der Waals surface area contributed by atoms with Gasteiger partial charge in [0.25, 0.3) is 5.91 Å². The van der Waals surface area contributed by atoms with Crippen molar-refractivity contribution in [1.29, 1.82) is 0 Å². The fourth-order valence-electron chi connectivity index (χ4n) is 2.23. The molecule has 0 unspecified atom stereocenters. The fourth-order valence-corrected chi connectivity index (χ4v) is 2.90. The molecule has 0 aliphatic heterocycles. The third-order valence-corrected chi connectivity index (χ3v) is 4.28. The van der Waals surface area contributed by atoms with Crippen LogP contribution in [-0.2, 0) is 6.54 Å². The molecule has 6 heteroatoms. The van der Waals surface area contributed by atoms with Crippen LogP contribution in [-0.4, -0.2) is 17.9 Å². The first-order valence-electron chi connectivity index (χ1n) is 7.22. The lowest BCUT2D eigenvalue weighted by molar-refractivity contribution is 0.0963. The number of nitrogens with one attached hydrogen (secondary N) is 2. The van der Waals surface area contributed by atoms with Crippen LogP contribution >= 0.6 is 11.3 Å². The van der Waals surface area contributed by atoms with Crippen LogP contribution in [0.15, 0.2) is 46.3 Å². The Hall–Kier alpha value is -2.60. The van der Waals surface area contributed by atoms with E-state index in [0.717, 1.165) is 21.9 Å². The maximum atomic E-state index is 12.0. The maximum Gasteiger partial charge on any atom is 0.253 e. The molecule has 5 nitrogen and oxygen atoms in total. The molecule has 2 heterocycles. The Morgan fingerprint density at radius 1 is 1.35 bits per heavy atom. The minimum absolute atomic E-state index is 0.122. The van der Waals surface area contributed by atoms with Gasteiger partial charge in [-0.25, -0.2) is 4.98 Å². The Morgan fingerprint density at radius 2 is 2.22 bits per heavy atom. The topological polar surface area (TPSA) is 67.2 Å². The van der Waals surface area contributed by atoms with E-state index in [0.29, 0.717) is 18.0 Å². The number of aromatic nitrogens is 1. The number of thiophene rings is 1. The lowest BCUT2D eigenvalue weighted by atomic mass is 10.1. The van der Waals surface area contributed by atoms with Crippen molar-refractivity contribution in [2.24, 2.45) is 0 Å². The van der Waals surface area contributed by atoms with Crippen LogP contribution in [0.4, 0.5) is 5.69 Å². The van der Waals surface area contributed by atoms with Crippen LogP contribution in [0.2, 0.25) is 0 Å². The standard InChI is InChI=1S/C17H17N3O2S/c1-11-5-6-13(12(8-11)17(21)18-2)19-10-16-20-9-14(22-16)15-4-3-7-23-15/h3-9,19H,10H2,1-2H3,(H,18,21). The van der Waals surface area contributed by atoms with E-state index >= 15 is 0 Å². The number of benzene rings is 1.